The summed E-state index contributed by atoms with van der Waals surface area (Å²) in [5.41, 5.74) is 4.50. The Bertz CT molecular complexity index is 1170. The minimum Gasteiger partial charge on any atom is -0.497 e. The summed E-state index contributed by atoms with van der Waals surface area (Å²) in [6.45, 7) is 0. The van der Waals surface area contributed by atoms with Gasteiger partial charge in [-0.05, 0) is 29.8 Å². The van der Waals surface area contributed by atoms with E-state index in [0.717, 1.165) is 27.4 Å². The summed E-state index contributed by atoms with van der Waals surface area (Å²) in [4.78, 5) is 21.3. The summed E-state index contributed by atoms with van der Waals surface area (Å²) >= 11 is 1.60. The second-order valence-corrected chi connectivity index (χ2v) is 7.62. The van der Waals surface area contributed by atoms with Gasteiger partial charge in [-0.25, -0.2) is 4.98 Å². The molecule has 1 N–H and O–H groups in total. The number of hydrogen-bond donors (Lipinski definition) is 1. The Hall–Kier alpha value is -3.71. The first-order chi connectivity index (χ1) is 15.2. The predicted molar refractivity (Wildman–Crippen MR) is 123 cm³/mol. The van der Waals surface area contributed by atoms with E-state index in [9.17, 15) is 4.79 Å². The predicted octanol–water partition coefficient (Wildman–Crippen LogP) is 5.07. The van der Waals surface area contributed by atoms with Crippen LogP contribution in [-0.2, 0) is 11.2 Å². The number of carbonyl (C=O) groups excluding carboxylic acids is 1. The van der Waals surface area contributed by atoms with Gasteiger partial charge in [-0.1, -0.05) is 24.3 Å². The molecular formula is C24H21N3O3S. The largest absolute Gasteiger partial charge is 0.497 e. The molecule has 1 amide bonds. The van der Waals surface area contributed by atoms with Gasteiger partial charge in [0.05, 0.1) is 32.0 Å². The highest BCUT2D eigenvalue weighted by Gasteiger charge is 2.11. The smallest absolute Gasteiger partial charge is 0.228 e. The molecule has 0 fully saturated rings. The van der Waals surface area contributed by atoms with E-state index in [1.807, 2.05) is 41.8 Å². The highest BCUT2D eigenvalue weighted by Crippen LogP contribution is 2.30. The number of benzene rings is 2. The number of thiazole rings is 1. The minimum atomic E-state index is -0.121. The van der Waals surface area contributed by atoms with Crippen LogP contribution in [0.2, 0.25) is 0 Å². The van der Waals surface area contributed by atoms with Gasteiger partial charge >= 0.3 is 0 Å². The summed E-state index contributed by atoms with van der Waals surface area (Å²) in [5, 5.41) is 5.88. The molecule has 0 saturated carbocycles. The van der Waals surface area contributed by atoms with Crippen LogP contribution in [0.15, 0.2) is 72.4 Å². The molecule has 0 bridgehead atoms. The fourth-order valence-corrected chi connectivity index (χ4v) is 3.94. The molecule has 0 saturated heterocycles. The van der Waals surface area contributed by atoms with E-state index >= 15 is 0 Å². The molecule has 0 spiro atoms. The second kappa shape index (κ2) is 9.40. The Morgan fingerprint density at radius 2 is 1.74 bits per heavy atom. The normalized spacial score (nSPS) is 10.5. The monoisotopic (exact) mass is 431 g/mol. The number of nitrogens with zero attached hydrogens (tertiary/aromatic N) is 2. The Balaban J connectivity index is 1.42. The van der Waals surface area contributed by atoms with Gasteiger partial charge in [0.2, 0.25) is 5.91 Å². The lowest BCUT2D eigenvalue weighted by molar-refractivity contribution is -0.115. The Labute approximate surface area is 184 Å². The molecule has 0 aliphatic carbocycles. The topological polar surface area (TPSA) is 73.3 Å². The first-order valence-electron chi connectivity index (χ1n) is 9.63. The third kappa shape index (κ3) is 4.90. The second-order valence-electron chi connectivity index (χ2n) is 6.76. The van der Waals surface area contributed by atoms with E-state index in [0.29, 0.717) is 17.2 Å². The minimum absolute atomic E-state index is 0.121. The van der Waals surface area contributed by atoms with Gasteiger partial charge in [0.15, 0.2) is 0 Å². The molecule has 0 aliphatic heterocycles. The maximum atomic E-state index is 12.5. The number of ether oxygens (including phenoxy) is 2. The average Bonchev–Trinajstić information content (AvgIpc) is 3.31. The zero-order chi connectivity index (χ0) is 21.6. The number of carbonyl (C=O) groups is 1. The molecule has 2 heterocycles. The number of anilines is 1. The van der Waals surface area contributed by atoms with Crippen LogP contribution in [0, 0.1) is 0 Å². The van der Waals surface area contributed by atoms with Crippen LogP contribution in [0.1, 0.15) is 5.56 Å². The van der Waals surface area contributed by atoms with Crippen molar-refractivity contribution in [3.05, 3.63) is 77.9 Å². The number of pyridine rings is 1. The van der Waals surface area contributed by atoms with Crippen LogP contribution < -0.4 is 14.8 Å². The first-order valence-corrected chi connectivity index (χ1v) is 10.5. The third-order valence-electron chi connectivity index (χ3n) is 4.73. The van der Waals surface area contributed by atoms with Gasteiger partial charge in [-0.3, -0.25) is 9.78 Å². The molecule has 7 heteroatoms. The number of hydrogen-bond acceptors (Lipinski definition) is 6. The summed E-state index contributed by atoms with van der Waals surface area (Å²) in [5.74, 6) is 1.10. The maximum Gasteiger partial charge on any atom is 0.228 e. The van der Waals surface area contributed by atoms with Crippen LogP contribution in [0.4, 0.5) is 5.69 Å². The van der Waals surface area contributed by atoms with E-state index < -0.39 is 0 Å². The summed E-state index contributed by atoms with van der Waals surface area (Å²) < 4.78 is 10.5. The molecule has 6 nitrogen and oxygen atoms in total. The molecular weight excluding hydrogens is 410 g/mol. The van der Waals surface area contributed by atoms with Crippen molar-refractivity contribution in [2.45, 2.75) is 6.42 Å². The summed E-state index contributed by atoms with van der Waals surface area (Å²) in [7, 11) is 3.14. The fraction of sp³-hybridized carbons (Fsp3) is 0.125. The average molecular weight is 432 g/mol. The van der Waals surface area contributed by atoms with Crippen molar-refractivity contribution in [2.75, 3.05) is 19.5 Å². The number of rotatable bonds is 7. The first kappa shape index (κ1) is 20.6. The lowest BCUT2D eigenvalue weighted by Crippen LogP contribution is -2.15. The van der Waals surface area contributed by atoms with E-state index in [1.54, 1.807) is 56.1 Å². The highest BCUT2D eigenvalue weighted by atomic mass is 32.1. The van der Waals surface area contributed by atoms with Crippen molar-refractivity contribution in [1.29, 1.82) is 0 Å². The van der Waals surface area contributed by atoms with Crippen LogP contribution >= 0.6 is 11.3 Å². The molecule has 156 valence electrons. The Morgan fingerprint density at radius 3 is 2.45 bits per heavy atom. The van der Waals surface area contributed by atoms with Crippen molar-refractivity contribution in [2.24, 2.45) is 0 Å². The molecule has 2 aromatic carbocycles. The van der Waals surface area contributed by atoms with E-state index in [4.69, 9.17) is 14.5 Å². The quantitative estimate of drug-likeness (QED) is 0.442. The highest BCUT2D eigenvalue weighted by molar-refractivity contribution is 7.13. The summed E-state index contributed by atoms with van der Waals surface area (Å²) in [6.07, 6.45) is 3.78. The van der Waals surface area contributed by atoms with Gasteiger partial charge < -0.3 is 14.8 Å². The van der Waals surface area contributed by atoms with Crippen LogP contribution in [0.3, 0.4) is 0 Å². The number of nitrogens with one attached hydrogen (secondary N) is 1. The van der Waals surface area contributed by atoms with Crippen LogP contribution in [0.25, 0.3) is 21.8 Å². The number of methoxy groups -OCH3 is 2. The van der Waals surface area contributed by atoms with Crippen molar-refractivity contribution in [3.8, 4) is 33.3 Å². The van der Waals surface area contributed by atoms with Crippen molar-refractivity contribution < 1.29 is 14.3 Å². The fourth-order valence-electron chi connectivity index (χ4n) is 3.11. The number of aromatic nitrogens is 2. The van der Waals surface area contributed by atoms with Gasteiger partial charge in [0.25, 0.3) is 0 Å². The standard InChI is InChI=1S/C24H21N3O3S/c1-29-19-7-8-20(22(14-19)30-2)26-23(28)13-16-3-5-17(6-4-16)21-15-31-24(27-21)18-9-11-25-12-10-18/h3-12,14-15H,13H2,1-2H3,(H,26,28). The van der Waals surface area contributed by atoms with E-state index in [1.165, 1.54) is 0 Å². The van der Waals surface area contributed by atoms with Crippen molar-refractivity contribution >= 4 is 22.9 Å². The van der Waals surface area contributed by atoms with Crippen LogP contribution in [-0.4, -0.2) is 30.1 Å². The molecule has 0 unspecified atom stereocenters. The molecule has 0 atom stereocenters. The Morgan fingerprint density at radius 1 is 0.968 bits per heavy atom. The molecule has 4 aromatic rings. The molecule has 2 aromatic heterocycles. The zero-order valence-corrected chi connectivity index (χ0v) is 18.0. The lowest BCUT2D eigenvalue weighted by Gasteiger charge is -2.11. The molecule has 0 radical (unpaired) electrons. The third-order valence-corrected chi connectivity index (χ3v) is 5.62. The molecule has 0 aliphatic rings. The summed E-state index contributed by atoms with van der Waals surface area (Å²) in [6, 6.07) is 17.0. The zero-order valence-electron chi connectivity index (χ0n) is 17.2. The van der Waals surface area contributed by atoms with Crippen molar-refractivity contribution in [3.63, 3.8) is 0 Å². The van der Waals surface area contributed by atoms with Gasteiger partial charge in [0.1, 0.15) is 16.5 Å². The Kier molecular flexibility index (Phi) is 6.24. The van der Waals surface area contributed by atoms with Gasteiger partial charge in [-0.2, -0.15) is 0 Å². The van der Waals surface area contributed by atoms with Gasteiger partial charge in [0, 0.05) is 35.0 Å². The number of amides is 1. The van der Waals surface area contributed by atoms with E-state index in [2.05, 4.69) is 10.3 Å². The van der Waals surface area contributed by atoms with Gasteiger partial charge in [-0.15, -0.1) is 11.3 Å². The lowest BCUT2D eigenvalue weighted by atomic mass is 10.1. The SMILES string of the molecule is COc1ccc(NC(=O)Cc2ccc(-c3csc(-c4ccncc4)n3)cc2)c(OC)c1. The molecule has 31 heavy (non-hydrogen) atoms. The van der Waals surface area contributed by atoms with Crippen LogP contribution in [0.5, 0.6) is 11.5 Å². The van der Waals surface area contributed by atoms with Crippen molar-refractivity contribution in [1.82, 2.24) is 9.97 Å². The molecule has 4 rings (SSSR count). The van der Waals surface area contributed by atoms with E-state index in [-0.39, 0.29) is 12.3 Å². The maximum absolute atomic E-state index is 12.5.